The van der Waals surface area contributed by atoms with E-state index < -0.39 is 11.9 Å². The zero-order valence-electron chi connectivity index (χ0n) is 5.03. The molecule has 0 spiro atoms. The lowest BCUT2D eigenvalue weighted by Gasteiger charge is -1.98. The second-order valence-electron chi connectivity index (χ2n) is 1.31. The minimum atomic E-state index is -1.68. The van der Waals surface area contributed by atoms with Gasteiger partial charge < -0.3 is 15.1 Å². The first-order chi connectivity index (χ1) is 4.68. The smallest absolute Gasteiger partial charge is 0.435 e. The third kappa shape index (κ3) is 3.81. The fraction of sp³-hybridized carbons (Fsp3) is 0.500. The maximum Gasteiger partial charge on any atom is 0.435 e. The van der Waals surface area contributed by atoms with Crippen molar-refractivity contribution in [1.29, 1.82) is 0 Å². The van der Waals surface area contributed by atoms with E-state index in [9.17, 15) is 9.59 Å². The number of rotatable bonds is 3. The molecule has 6 nitrogen and oxygen atoms in total. The minimum absolute atomic E-state index is 0.0129. The quantitative estimate of drug-likeness (QED) is 0.247. The van der Waals surface area contributed by atoms with Crippen molar-refractivity contribution in [3.8, 4) is 0 Å². The van der Waals surface area contributed by atoms with E-state index in [-0.39, 0.29) is 13.2 Å². The Labute approximate surface area is 56.4 Å². The summed E-state index contributed by atoms with van der Waals surface area (Å²) in [6.07, 6.45) is 0. The van der Waals surface area contributed by atoms with Gasteiger partial charge in [0.2, 0.25) is 0 Å². The van der Waals surface area contributed by atoms with Crippen LogP contribution in [-0.2, 0) is 14.4 Å². The van der Waals surface area contributed by atoms with Crippen LogP contribution in [0.2, 0.25) is 0 Å². The van der Waals surface area contributed by atoms with Crippen LogP contribution in [0.1, 0.15) is 0 Å². The van der Waals surface area contributed by atoms with Gasteiger partial charge in [0.15, 0.2) is 0 Å². The zero-order valence-corrected chi connectivity index (χ0v) is 5.03. The molecule has 0 amide bonds. The number of nitrogens with one attached hydrogen (secondary N) is 1. The van der Waals surface area contributed by atoms with Crippen molar-refractivity contribution in [3.63, 3.8) is 0 Å². The van der Waals surface area contributed by atoms with Crippen LogP contribution in [0.5, 0.6) is 0 Å². The van der Waals surface area contributed by atoms with Crippen molar-refractivity contribution < 1.29 is 24.6 Å². The molecule has 0 saturated heterocycles. The lowest BCUT2D eigenvalue weighted by atomic mass is 10.7. The lowest BCUT2D eigenvalue weighted by Crippen LogP contribution is -2.27. The fourth-order valence-corrected chi connectivity index (χ4v) is 0.206. The topological polar surface area (TPSA) is 95.9 Å². The molecule has 0 unspecified atom stereocenters. The molecule has 58 valence electrons. The van der Waals surface area contributed by atoms with Crippen molar-refractivity contribution in [3.05, 3.63) is 0 Å². The Morgan fingerprint density at radius 3 is 2.50 bits per heavy atom. The molecular formula is C4H7NO5. The molecule has 0 rings (SSSR count). The van der Waals surface area contributed by atoms with E-state index in [4.69, 9.17) is 10.2 Å². The van der Waals surface area contributed by atoms with Crippen molar-refractivity contribution >= 4 is 11.9 Å². The number of carbonyl (C=O) groups is 2. The summed E-state index contributed by atoms with van der Waals surface area (Å²) in [5.74, 6) is -3.07. The highest BCUT2D eigenvalue weighted by molar-refractivity contribution is 6.28. The third-order valence-corrected chi connectivity index (χ3v) is 0.553. The molecule has 0 bridgehead atoms. The lowest BCUT2D eigenvalue weighted by molar-refractivity contribution is -0.168. The molecule has 0 aromatic rings. The average molecular weight is 149 g/mol. The summed E-state index contributed by atoms with van der Waals surface area (Å²) < 4.78 is 0. The van der Waals surface area contributed by atoms with Crippen molar-refractivity contribution in [1.82, 2.24) is 5.48 Å². The second-order valence-corrected chi connectivity index (χ2v) is 1.31. The number of aliphatic hydroxyl groups is 1. The number of hydrogen-bond acceptors (Lipinski definition) is 5. The maximum absolute atomic E-state index is 10.1. The standard InChI is InChI=1S/C4H7NO5/c6-2-1-5-10-4(9)3(7)8/h5-6H,1-2H2,(H,7,8). The largest absolute Gasteiger partial charge is 0.473 e. The molecule has 0 fully saturated rings. The van der Waals surface area contributed by atoms with Crippen LogP contribution >= 0.6 is 0 Å². The molecule has 6 heteroatoms. The fourth-order valence-electron chi connectivity index (χ4n) is 0.206. The summed E-state index contributed by atoms with van der Waals surface area (Å²) in [5, 5.41) is 16.0. The molecule has 0 aromatic carbocycles. The highest BCUT2D eigenvalue weighted by atomic mass is 16.7. The Hall–Kier alpha value is -1.14. The molecule has 0 radical (unpaired) electrons. The molecule has 3 N–H and O–H groups in total. The van der Waals surface area contributed by atoms with Crippen LogP contribution in [0.3, 0.4) is 0 Å². The predicted molar refractivity (Wildman–Crippen MR) is 28.8 cm³/mol. The molecule has 0 heterocycles. The van der Waals surface area contributed by atoms with Crippen molar-refractivity contribution in [2.45, 2.75) is 0 Å². The van der Waals surface area contributed by atoms with Crippen LogP contribution in [0.15, 0.2) is 0 Å². The molecule has 0 atom stereocenters. The number of carboxylic acids is 1. The Kier molecular flexibility index (Phi) is 4.17. The minimum Gasteiger partial charge on any atom is -0.473 e. The van der Waals surface area contributed by atoms with Gasteiger partial charge in [-0.25, -0.2) is 9.59 Å². The van der Waals surface area contributed by atoms with Crippen LogP contribution in [0, 0.1) is 0 Å². The van der Waals surface area contributed by atoms with Gasteiger partial charge >= 0.3 is 11.9 Å². The Bertz CT molecular complexity index is 134. The van der Waals surface area contributed by atoms with E-state index in [1.165, 1.54) is 0 Å². The number of carbonyl (C=O) groups excluding carboxylic acids is 1. The molecule has 0 aromatic heterocycles. The van der Waals surface area contributed by atoms with Gasteiger partial charge in [0.05, 0.1) is 13.2 Å². The van der Waals surface area contributed by atoms with Gasteiger partial charge in [0.1, 0.15) is 0 Å². The Balaban J connectivity index is 3.31. The van der Waals surface area contributed by atoms with E-state index >= 15 is 0 Å². The zero-order chi connectivity index (χ0) is 7.98. The van der Waals surface area contributed by atoms with Gasteiger partial charge in [0, 0.05) is 0 Å². The van der Waals surface area contributed by atoms with Gasteiger partial charge in [-0.3, -0.25) is 0 Å². The number of aliphatic carboxylic acids is 1. The number of carboxylic acid groups (broad SMARTS) is 1. The van der Waals surface area contributed by atoms with Gasteiger partial charge in [-0.1, -0.05) is 0 Å². The van der Waals surface area contributed by atoms with Crippen LogP contribution in [-0.4, -0.2) is 35.3 Å². The van der Waals surface area contributed by atoms with Crippen molar-refractivity contribution in [2.24, 2.45) is 0 Å². The van der Waals surface area contributed by atoms with E-state index in [1.807, 2.05) is 5.48 Å². The first-order valence-electron chi connectivity index (χ1n) is 2.46. The molecule has 0 aliphatic heterocycles. The number of hydrogen-bond donors (Lipinski definition) is 3. The first-order valence-corrected chi connectivity index (χ1v) is 2.46. The van der Waals surface area contributed by atoms with Gasteiger partial charge in [-0.15, -0.1) is 0 Å². The molecular weight excluding hydrogens is 142 g/mol. The van der Waals surface area contributed by atoms with Crippen LogP contribution < -0.4 is 5.48 Å². The van der Waals surface area contributed by atoms with Gasteiger partial charge in [-0.2, -0.15) is 5.48 Å². The van der Waals surface area contributed by atoms with E-state index in [1.54, 1.807) is 0 Å². The van der Waals surface area contributed by atoms with Crippen LogP contribution in [0.25, 0.3) is 0 Å². The first kappa shape index (κ1) is 8.86. The summed E-state index contributed by atoms with van der Waals surface area (Å²) in [5.41, 5.74) is 1.94. The molecule has 0 saturated carbocycles. The highest BCUT2D eigenvalue weighted by Gasteiger charge is 2.11. The van der Waals surface area contributed by atoms with E-state index in [2.05, 4.69) is 4.84 Å². The van der Waals surface area contributed by atoms with Gasteiger partial charge in [-0.05, 0) is 0 Å². The maximum atomic E-state index is 10.1. The number of hydroxylamine groups is 1. The molecule has 0 aliphatic carbocycles. The Morgan fingerprint density at radius 1 is 1.50 bits per heavy atom. The number of aliphatic hydroxyl groups excluding tert-OH is 1. The summed E-state index contributed by atoms with van der Waals surface area (Å²) in [6, 6.07) is 0. The summed E-state index contributed by atoms with van der Waals surface area (Å²) in [4.78, 5) is 23.7. The van der Waals surface area contributed by atoms with E-state index in [0.717, 1.165) is 0 Å². The summed E-state index contributed by atoms with van der Waals surface area (Å²) in [6.45, 7) is -0.216. The highest BCUT2D eigenvalue weighted by Crippen LogP contribution is 1.71. The molecule has 10 heavy (non-hydrogen) atoms. The predicted octanol–water partition coefficient (Wildman–Crippen LogP) is -1.89. The van der Waals surface area contributed by atoms with Crippen molar-refractivity contribution in [2.75, 3.05) is 13.2 Å². The van der Waals surface area contributed by atoms with E-state index in [0.29, 0.717) is 0 Å². The summed E-state index contributed by atoms with van der Waals surface area (Å²) in [7, 11) is 0. The Morgan fingerprint density at radius 2 is 2.10 bits per heavy atom. The van der Waals surface area contributed by atoms with Gasteiger partial charge in [0.25, 0.3) is 0 Å². The van der Waals surface area contributed by atoms with Crippen LogP contribution in [0.4, 0.5) is 0 Å². The SMILES string of the molecule is O=C(O)C(=O)ONCCO. The third-order valence-electron chi connectivity index (χ3n) is 0.553. The average Bonchev–Trinajstić information content (AvgIpc) is 1.88. The monoisotopic (exact) mass is 149 g/mol. The normalized spacial score (nSPS) is 8.90. The molecule has 0 aliphatic rings. The second kappa shape index (κ2) is 4.71. The summed E-state index contributed by atoms with van der Waals surface area (Å²) >= 11 is 0.